The minimum atomic E-state index is -0.133. The van der Waals surface area contributed by atoms with Gasteiger partial charge in [-0.2, -0.15) is 0 Å². The molecular formula is C23H28N4O2. The highest BCUT2D eigenvalue weighted by Gasteiger charge is 2.47. The second-order valence-corrected chi connectivity index (χ2v) is 8.22. The number of anilines is 2. The number of nitrogens with zero attached hydrogens (tertiary/aromatic N) is 2. The van der Waals surface area contributed by atoms with Crippen molar-refractivity contribution >= 4 is 23.3 Å². The third-order valence-electron chi connectivity index (χ3n) is 6.11. The summed E-state index contributed by atoms with van der Waals surface area (Å²) in [6, 6.07) is 11.7. The molecule has 2 N–H and O–H groups in total. The summed E-state index contributed by atoms with van der Waals surface area (Å²) in [5.74, 6) is 1.43. The average Bonchev–Trinajstić information content (AvgIpc) is 3.53. The Morgan fingerprint density at radius 3 is 2.55 bits per heavy atom. The van der Waals surface area contributed by atoms with Crippen molar-refractivity contribution in [2.45, 2.75) is 45.7 Å². The molecule has 152 valence electrons. The molecule has 29 heavy (non-hydrogen) atoms. The van der Waals surface area contributed by atoms with Gasteiger partial charge in [0.1, 0.15) is 5.82 Å². The molecule has 0 spiro atoms. The number of amides is 2. The Morgan fingerprint density at radius 1 is 1.17 bits per heavy atom. The van der Waals surface area contributed by atoms with Gasteiger partial charge in [0.25, 0.3) is 5.91 Å². The normalized spacial score (nSPS) is 23.3. The Kier molecular flexibility index (Phi) is 5.03. The van der Waals surface area contributed by atoms with E-state index < -0.39 is 0 Å². The summed E-state index contributed by atoms with van der Waals surface area (Å²) in [5.41, 5.74) is 3.40. The molecule has 2 aliphatic rings. The largest absolute Gasteiger partial charge is 0.363 e. The summed E-state index contributed by atoms with van der Waals surface area (Å²) in [6.45, 7) is 5.80. The van der Waals surface area contributed by atoms with Crippen LogP contribution >= 0.6 is 0 Å². The first-order valence-electron chi connectivity index (χ1n) is 10.3. The van der Waals surface area contributed by atoms with E-state index in [9.17, 15) is 9.59 Å². The smallest absolute Gasteiger partial charge is 0.251 e. The third-order valence-corrected chi connectivity index (χ3v) is 6.11. The van der Waals surface area contributed by atoms with Crippen molar-refractivity contribution in [2.75, 3.05) is 17.3 Å². The maximum absolute atomic E-state index is 12.6. The Hall–Kier alpha value is -2.89. The van der Waals surface area contributed by atoms with Crippen LogP contribution in [0.3, 0.4) is 0 Å². The van der Waals surface area contributed by atoms with E-state index in [0.29, 0.717) is 11.5 Å². The van der Waals surface area contributed by atoms with Crippen LogP contribution in [0.1, 0.15) is 54.3 Å². The molecule has 6 heteroatoms. The zero-order chi connectivity index (χ0) is 20.7. The molecule has 4 rings (SSSR count). The molecule has 1 saturated carbocycles. The minimum absolute atomic E-state index is 0.0369. The van der Waals surface area contributed by atoms with E-state index >= 15 is 0 Å². The van der Waals surface area contributed by atoms with Crippen molar-refractivity contribution in [3.8, 4) is 0 Å². The lowest BCUT2D eigenvalue weighted by Crippen LogP contribution is -2.51. The van der Waals surface area contributed by atoms with Crippen LogP contribution in [0.2, 0.25) is 0 Å². The molecule has 6 nitrogen and oxygen atoms in total. The van der Waals surface area contributed by atoms with E-state index in [4.69, 9.17) is 0 Å². The number of pyridine rings is 1. The molecule has 0 radical (unpaired) electrons. The fourth-order valence-electron chi connectivity index (χ4n) is 4.63. The van der Waals surface area contributed by atoms with Crippen molar-refractivity contribution in [1.29, 1.82) is 0 Å². The second kappa shape index (κ2) is 7.50. The number of aromatic nitrogens is 1. The average molecular weight is 393 g/mol. The van der Waals surface area contributed by atoms with Crippen LogP contribution in [0, 0.1) is 18.8 Å². The monoisotopic (exact) mass is 392 g/mol. The van der Waals surface area contributed by atoms with Crippen molar-refractivity contribution in [3.05, 3.63) is 53.2 Å². The first-order valence-corrected chi connectivity index (χ1v) is 10.3. The summed E-state index contributed by atoms with van der Waals surface area (Å²) in [4.78, 5) is 31.5. The van der Waals surface area contributed by atoms with Crippen LogP contribution in [0.4, 0.5) is 11.5 Å². The molecule has 0 unspecified atom stereocenters. The minimum Gasteiger partial charge on any atom is -0.363 e. The van der Waals surface area contributed by atoms with Crippen LogP contribution in [-0.2, 0) is 4.79 Å². The van der Waals surface area contributed by atoms with Crippen molar-refractivity contribution in [3.63, 3.8) is 0 Å². The maximum Gasteiger partial charge on any atom is 0.251 e. The van der Waals surface area contributed by atoms with Crippen LogP contribution in [0.15, 0.2) is 36.4 Å². The van der Waals surface area contributed by atoms with Gasteiger partial charge in [0.2, 0.25) is 5.91 Å². The highest BCUT2D eigenvalue weighted by atomic mass is 16.2. The zero-order valence-corrected chi connectivity index (χ0v) is 17.4. The molecule has 1 aliphatic heterocycles. The Morgan fingerprint density at radius 2 is 1.93 bits per heavy atom. The summed E-state index contributed by atoms with van der Waals surface area (Å²) in [6.07, 6.45) is 2.31. The third kappa shape index (κ3) is 3.59. The predicted octanol–water partition coefficient (Wildman–Crippen LogP) is 3.68. The SMILES string of the molecule is CNC(=O)c1ccc2c(c1)[C@H](Nc1cccc(C)n1)[C@@H](C)[C@H](C1CC1)N2C(C)=O. The molecule has 2 amide bonds. The van der Waals surface area contributed by atoms with Crippen molar-refractivity contribution in [2.24, 2.45) is 11.8 Å². The second-order valence-electron chi connectivity index (χ2n) is 8.22. The Balaban J connectivity index is 1.83. The van der Waals surface area contributed by atoms with E-state index in [2.05, 4.69) is 22.5 Å². The van der Waals surface area contributed by atoms with Gasteiger partial charge in [0, 0.05) is 42.9 Å². The van der Waals surface area contributed by atoms with Crippen molar-refractivity contribution in [1.82, 2.24) is 10.3 Å². The molecule has 1 aliphatic carbocycles. The number of fused-ring (bicyclic) bond motifs is 1. The Bertz CT molecular complexity index is 954. The van der Waals surface area contributed by atoms with Crippen LogP contribution in [0.25, 0.3) is 0 Å². The maximum atomic E-state index is 12.6. The number of rotatable bonds is 4. The summed E-state index contributed by atoms with van der Waals surface area (Å²) in [5, 5.41) is 6.29. The molecule has 1 fully saturated rings. The van der Waals surface area contributed by atoms with Gasteiger partial charge in [0.15, 0.2) is 0 Å². The number of hydrogen-bond acceptors (Lipinski definition) is 4. The summed E-state index contributed by atoms with van der Waals surface area (Å²) >= 11 is 0. The van der Waals surface area contributed by atoms with Gasteiger partial charge in [-0.15, -0.1) is 0 Å². The molecule has 0 bridgehead atoms. The molecule has 2 heterocycles. The summed E-state index contributed by atoms with van der Waals surface area (Å²) in [7, 11) is 1.63. The fraction of sp³-hybridized carbons (Fsp3) is 0.435. The fourth-order valence-corrected chi connectivity index (χ4v) is 4.63. The van der Waals surface area contributed by atoms with Gasteiger partial charge in [-0.25, -0.2) is 4.98 Å². The van der Waals surface area contributed by atoms with Gasteiger partial charge in [0.05, 0.1) is 6.04 Å². The molecule has 0 saturated heterocycles. The lowest BCUT2D eigenvalue weighted by Gasteiger charge is -2.46. The van der Waals surface area contributed by atoms with Crippen LogP contribution < -0.4 is 15.5 Å². The number of benzene rings is 1. The quantitative estimate of drug-likeness (QED) is 0.832. The Labute approximate surface area is 171 Å². The van der Waals surface area contributed by atoms with Crippen LogP contribution in [-0.4, -0.2) is 29.9 Å². The van der Waals surface area contributed by atoms with Gasteiger partial charge in [-0.05, 0) is 61.6 Å². The molecular weight excluding hydrogens is 364 g/mol. The number of hydrogen-bond donors (Lipinski definition) is 2. The molecule has 1 aromatic carbocycles. The first-order chi connectivity index (χ1) is 13.9. The van der Waals surface area contributed by atoms with Crippen molar-refractivity contribution < 1.29 is 9.59 Å². The molecule has 3 atom stereocenters. The van der Waals surface area contributed by atoms with Gasteiger partial charge in [-0.3, -0.25) is 9.59 Å². The number of nitrogens with one attached hydrogen (secondary N) is 2. The van der Waals surface area contributed by atoms with E-state index in [-0.39, 0.29) is 29.8 Å². The lowest BCUT2D eigenvalue weighted by molar-refractivity contribution is -0.117. The number of aryl methyl sites for hydroxylation is 1. The van der Waals surface area contributed by atoms with Crippen LogP contribution in [0.5, 0.6) is 0 Å². The standard InChI is InChI=1S/C23H28N4O2/c1-13-6-5-7-20(25-13)26-21-14(2)22(16-8-9-16)27(15(3)28)19-11-10-17(12-18(19)21)23(29)24-4/h5-7,10-12,14,16,21-22H,8-9H2,1-4H3,(H,24,29)(H,25,26)/t14-,21-,22-/m1/s1. The van der Waals surface area contributed by atoms with Gasteiger partial charge < -0.3 is 15.5 Å². The predicted molar refractivity (Wildman–Crippen MR) is 114 cm³/mol. The van der Waals surface area contributed by atoms with Gasteiger partial charge in [-0.1, -0.05) is 13.0 Å². The number of carbonyl (C=O) groups excluding carboxylic acids is 2. The van der Waals surface area contributed by atoms with E-state index in [1.165, 1.54) is 0 Å². The molecule has 2 aromatic rings. The van der Waals surface area contributed by atoms with E-state index in [1.807, 2.05) is 42.2 Å². The van der Waals surface area contributed by atoms with E-state index in [0.717, 1.165) is 35.6 Å². The van der Waals surface area contributed by atoms with E-state index in [1.54, 1.807) is 20.0 Å². The summed E-state index contributed by atoms with van der Waals surface area (Å²) < 4.78 is 0. The van der Waals surface area contributed by atoms with Gasteiger partial charge >= 0.3 is 0 Å². The zero-order valence-electron chi connectivity index (χ0n) is 17.4. The molecule has 1 aromatic heterocycles. The first kappa shape index (κ1) is 19.4. The topological polar surface area (TPSA) is 74.3 Å². The lowest BCUT2D eigenvalue weighted by atomic mass is 9.79. The highest BCUT2D eigenvalue weighted by Crippen LogP contribution is 2.50. The number of carbonyl (C=O) groups is 2. The highest BCUT2D eigenvalue weighted by molar-refractivity contribution is 5.98.